The standard InChI is InChI=1S/C14H23N3O2.C2H7N.6CH4/c1-11(2)14(19)6-4-5-9-17-10-13(15-16-17)8-7-12(3)18;1-3-2;;;;;;/h10-11H,4-9H2,1-3H3;3H,1-2H3;6*1H4. The van der Waals surface area contributed by atoms with Crippen molar-refractivity contribution in [3.05, 3.63) is 11.9 Å². The maximum absolute atomic E-state index is 11.4. The molecule has 0 saturated carbocycles. The Balaban J connectivity index is -0.0000000920. The molecule has 0 aromatic carbocycles. The number of ketones is 2. The molecule has 1 aromatic rings. The third-order valence-corrected chi connectivity index (χ3v) is 3.02. The lowest BCUT2D eigenvalue weighted by atomic mass is 10.0. The number of unbranched alkanes of at least 4 members (excludes halogenated alkanes) is 1. The molecule has 6 heteroatoms. The van der Waals surface area contributed by atoms with E-state index < -0.39 is 0 Å². The highest BCUT2D eigenvalue weighted by molar-refractivity contribution is 5.80. The molecule has 28 heavy (non-hydrogen) atoms. The zero-order valence-corrected chi connectivity index (χ0v) is 14.6. The van der Waals surface area contributed by atoms with Crippen LogP contribution >= 0.6 is 0 Å². The molecule has 0 radical (unpaired) electrons. The molecule has 0 spiro atoms. The molecular formula is C22H54N4O2. The summed E-state index contributed by atoms with van der Waals surface area (Å²) in [5, 5.41) is 10.8. The summed E-state index contributed by atoms with van der Waals surface area (Å²) in [5.74, 6) is 0.618. The minimum absolute atomic E-state index is 0. The third-order valence-electron chi connectivity index (χ3n) is 3.02. The van der Waals surface area contributed by atoms with E-state index in [4.69, 9.17) is 0 Å². The van der Waals surface area contributed by atoms with E-state index in [1.54, 1.807) is 11.6 Å². The van der Waals surface area contributed by atoms with Gasteiger partial charge >= 0.3 is 0 Å². The molecule has 0 aliphatic carbocycles. The first-order valence-electron chi connectivity index (χ1n) is 7.90. The fraction of sp³-hybridized carbons (Fsp3) is 0.818. The summed E-state index contributed by atoms with van der Waals surface area (Å²) in [6, 6.07) is 0. The maximum atomic E-state index is 11.4. The van der Waals surface area contributed by atoms with Gasteiger partial charge < -0.3 is 10.1 Å². The normalized spacial score (nSPS) is 8.07. The molecule has 0 amide bonds. The van der Waals surface area contributed by atoms with E-state index in [0.717, 1.165) is 25.1 Å². The van der Waals surface area contributed by atoms with Crippen molar-refractivity contribution in [3.8, 4) is 0 Å². The Labute approximate surface area is 177 Å². The molecule has 174 valence electrons. The molecule has 6 nitrogen and oxygen atoms in total. The van der Waals surface area contributed by atoms with Gasteiger partial charge in [0.25, 0.3) is 0 Å². The number of rotatable bonds is 9. The number of hydrogen-bond acceptors (Lipinski definition) is 5. The fourth-order valence-corrected chi connectivity index (χ4v) is 1.73. The zero-order valence-electron chi connectivity index (χ0n) is 14.6. The van der Waals surface area contributed by atoms with Crippen LogP contribution in [0.1, 0.15) is 96.7 Å². The van der Waals surface area contributed by atoms with Crippen molar-refractivity contribution in [2.45, 2.75) is 104 Å². The molecule has 1 aromatic heterocycles. The maximum Gasteiger partial charge on any atom is 0.135 e. The summed E-state index contributed by atoms with van der Waals surface area (Å²) in [5.41, 5.74) is 0.855. The predicted molar refractivity (Wildman–Crippen MR) is 128 cm³/mol. The van der Waals surface area contributed by atoms with Gasteiger partial charge in [-0.2, -0.15) is 0 Å². The molecular weight excluding hydrogens is 352 g/mol. The number of aryl methyl sites for hydroxylation is 2. The number of aromatic nitrogens is 3. The lowest BCUT2D eigenvalue weighted by molar-refractivity contribution is -0.122. The van der Waals surface area contributed by atoms with Crippen LogP contribution in [0.3, 0.4) is 0 Å². The summed E-state index contributed by atoms with van der Waals surface area (Å²) in [4.78, 5) is 22.3. The van der Waals surface area contributed by atoms with Gasteiger partial charge in [-0.1, -0.05) is 63.6 Å². The average molecular weight is 407 g/mol. The van der Waals surface area contributed by atoms with Crippen LogP contribution in [0.2, 0.25) is 0 Å². The van der Waals surface area contributed by atoms with Crippen LogP contribution < -0.4 is 5.32 Å². The summed E-state index contributed by atoms with van der Waals surface area (Å²) < 4.78 is 1.79. The number of nitrogens with zero attached hydrogens (tertiary/aromatic N) is 3. The number of Topliss-reactive ketones (excluding diaryl/α,β-unsaturated/α-hetero) is 2. The fourth-order valence-electron chi connectivity index (χ4n) is 1.73. The summed E-state index contributed by atoms with van der Waals surface area (Å²) >= 11 is 0. The van der Waals surface area contributed by atoms with Crippen LogP contribution in [0.5, 0.6) is 0 Å². The van der Waals surface area contributed by atoms with Gasteiger partial charge in [-0.25, -0.2) is 0 Å². The van der Waals surface area contributed by atoms with Gasteiger partial charge in [-0.3, -0.25) is 9.48 Å². The molecule has 0 saturated heterocycles. The number of nitrogens with one attached hydrogen (secondary N) is 1. The Morgan fingerprint density at radius 1 is 1.00 bits per heavy atom. The summed E-state index contributed by atoms with van der Waals surface area (Å²) in [6.45, 7) is 6.22. The minimum atomic E-state index is 0. The predicted octanol–water partition coefficient (Wildman–Crippen LogP) is 5.85. The molecule has 0 aliphatic heterocycles. The van der Waals surface area contributed by atoms with E-state index in [2.05, 4.69) is 15.6 Å². The van der Waals surface area contributed by atoms with Gasteiger partial charge in [0, 0.05) is 31.5 Å². The molecule has 0 atom stereocenters. The molecule has 0 fully saturated rings. The topological polar surface area (TPSA) is 76.9 Å². The Bertz CT molecular complexity index is 444. The van der Waals surface area contributed by atoms with Gasteiger partial charge in [-0.05, 0) is 40.3 Å². The highest BCUT2D eigenvalue weighted by Gasteiger charge is 2.07. The van der Waals surface area contributed by atoms with E-state index in [1.165, 1.54) is 0 Å². The lowest BCUT2D eigenvalue weighted by Gasteiger charge is -2.03. The van der Waals surface area contributed by atoms with Crippen LogP contribution in [0.15, 0.2) is 6.20 Å². The van der Waals surface area contributed by atoms with Gasteiger partial charge in [-0.15, -0.1) is 5.10 Å². The van der Waals surface area contributed by atoms with Crippen molar-refractivity contribution < 1.29 is 9.59 Å². The monoisotopic (exact) mass is 406 g/mol. The van der Waals surface area contributed by atoms with Gasteiger partial charge in [0.2, 0.25) is 0 Å². The zero-order chi connectivity index (χ0) is 17.0. The van der Waals surface area contributed by atoms with Crippen LogP contribution in [-0.4, -0.2) is 40.7 Å². The van der Waals surface area contributed by atoms with Crippen molar-refractivity contribution in [2.24, 2.45) is 5.92 Å². The van der Waals surface area contributed by atoms with Crippen LogP contribution in [-0.2, 0) is 22.6 Å². The highest BCUT2D eigenvalue weighted by atomic mass is 16.1. The first-order chi connectivity index (χ1) is 10.4. The largest absolute Gasteiger partial charge is 0.323 e. The second-order valence-corrected chi connectivity index (χ2v) is 5.75. The van der Waals surface area contributed by atoms with Crippen molar-refractivity contribution in [3.63, 3.8) is 0 Å². The van der Waals surface area contributed by atoms with Crippen molar-refractivity contribution in [2.75, 3.05) is 14.1 Å². The lowest BCUT2D eigenvalue weighted by Crippen LogP contribution is -2.07. The van der Waals surface area contributed by atoms with E-state index in [-0.39, 0.29) is 56.3 Å². The van der Waals surface area contributed by atoms with E-state index in [0.29, 0.717) is 25.0 Å². The molecule has 0 bridgehead atoms. The molecule has 0 aliphatic rings. The van der Waals surface area contributed by atoms with Crippen LogP contribution in [0.25, 0.3) is 0 Å². The molecule has 0 unspecified atom stereocenters. The van der Waals surface area contributed by atoms with Crippen LogP contribution in [0, 0.1) is 5.92 Å². The van der Waals surface area contributed by atoms with E-state index in [1.807, 2.05) is 34.1 Å². The Hall–Kier alpha value is -1.56. The second-order valence-electron chi connectivity index (χ2n) is 5.75. The van der Waals surface area contributed by atoms with Gasteiger partial charge in [0.1, 0.15) is 11.6 Å². The number of carbonyl (C=O) groups excluding carboxylic acids is 2. The molecule has 1 rings (SSSR count). The Morgan fingerprint density at radius 3 is 1.93 bits per heavy atom. The van der Waals surface area contributed by atoms with Gasteiger partial charge in [0.15, 0.2) is 0 Å². The first-order valence-corrected chi connectivity index (χ1v) is 7.90. The van der Waals surface area contributed by atoms with Crippen molar-refractivity contribution in [1.82, 2.24) is 20.3 Å². The molecule has 1 N–H and O–H groups in total. The number of hydrogen-bond donors (Lipinski definition) is 1. The van der Waals surface area contributed by atoms with Gasteiger partial charge in [0.05, 0.1) is 5.69 Å². The van der Waals surface area contributed by atoms with Crippen molar-refractivity contribution in [1.29, 1.82) is 0 Å². The first kappa shape index (κ1) is 45.3. The second kappa shape index (κ2) is 27.7. The summed E-state index contributed by atoms with van der Waals surface area (Å²) in [7, 11) is 3.75. The highest BCUT2D eigenvalue weighted by Crippen LogP contribution is 2.06. The molecule has 1 heterocycles. The van der Waals surface area contributed by atoms with Crippen LogP contribution in [0.4, 0.5) is 0 Å². The smallest absolute Gasteiger partial charge is 0.135 e. The summed E-state index contributed by atoms with van der Waals surface area (Å²) in [6.07, 6.45) is 5.51. The van der Waals surface area contributed by atoms with E-state index in [9.17, 15) is 9.59 Å². The third kappa shape index (κ3) is 24.4. The Morgan fingerprint density at radius 2 is 1.50 bits per heavy atom. The van der Waals surface area contributed by atoms with E-state index >= 15 is 0 Å². The van der Waals surface area contributed by atoms with Crippen molar-refractivity contribution >= 4 is 11.6 Å². The SMILES string of the molecule is C.C.C.C.C.C.CC(=O)CCc1cn(CCCCC(=O)C(C)C)nn1.CNC. The minimum Gasteiger partial charge on any atom is -0.323 e. The average Bonchev–Trinajstić information content (AvgIpc) is 2.89. The Kier molecular flexibility index (Phi) is 44.7. The number of carbonyl (C=O) groups is 2. The quantitative estimate of drug-likeness (QED) is 0.521.